The summed E-state index contributed by atoms with van der Waals surface area (Å²) in [6, 6.07) is 16.3. The number of rotatable bonds is 9. The summed E-state index contributed by atoms with van der Waals surface area (Å²) in [4.78, 5) is 19.5. The minimum Gasteiger partial charge on any atom is -0.352 e. The van der Waals surface area contributed by atoms with Crippen LogP contribution in [-0.2, 0) is 6.42 Å². The first-order valence-electron chi connectivity index (χ1n) is 11.5. The molecular weight excluding hydrogens is 420 g/mol. The van der Waals surface area contributed by atoms with Gasteiger partial charge in [0.05, 0.1) is 5.56 Å². The lowest BCUT2D eigenvalue weighted by atomic mass is 9.88. The van der Waals surface area contributed by atoms with Gasteiger partial charge in [0.2, 0.25) is 0 Å². The summed E-state index contributed by atoms with van der Waals surface area (Å²) in [5.41, 5.74) is 3.36. The number of nitrogens with zero attached hydrogens (tertiary/aromatic N) is 2. The molecule has 0 radical (unpaired) electrons. The maximum absolute atomic E-state index is 13.4. The fourth-order valence-corrected chi connectivity index (χ4v) is 4.33. The summed E-state index contributed by atoms with van der Waals surface area (Å²) in [5.74, 6) is -0.870. The van der Waals surface area contributed by atoms with Crippen LogP contribution in [0.5, 0.6) is 0 Å². The largest absolute Gasteiger partial charge is 0.352 e. The van der Waals surface area contributed by atoms with Crippen molar-refractivity contribution in [1.29, 1.82) is 0 Å². The molecule has 0 aliphatic carbocycles. The van der Waals surface area contributed by atoms with Crippen molar-refractivity contribution >= 4 is 5.91 Å². The second kappa shape index (κ2) is 11.1. The highest BCUT2D eigenvalue weighted by Gasteiger charge is 2.16. The lowest BCUT2D eigenvalue weighted by Gasteiger charge is -2.19. The van der Waals surface area contributed by atoms with Crippen LogP contribution in [0.1, 0.15) is 52.4 Å². The average Bonchev–Trinajstić information content (AvgIpc) is 3.36. The minimum atomic E-state index is -0.304. The number of benzene rings is 2. The van der Waals surface area contributed by atoms with E-state index in [4.69, 9.17) is 0 Å². The summed E-state index contributed by atoms with van der Waals surface area (Å²) < 4.78 is 26.8. The van der Waals surface area contributed by atoms with Crippen molar-refractivity contribution in [1.82, 2.24) is 15.2 Å². The number of aromatic nitrogens is 1. The molecule has 0 unspecified atom stereocenters. The van der Waals surface area contributed by atoms with E-state index in [1.165, 1.54) is 37.1 Å². The Bertz CT molecular complexity index is 985. The molecule has 1 amide bonds. The lowest BCUT2D eigenvalue weighted by Crippen LogP contribution is -2.26. The van der Waals surface area contributed by atoms with E-state index < -0.39 is 0 Å². The van der Waals surface area contributed by atoms with Gasteiger partial charge in [-0.3, -0.25) is 9.78 Å². The number of pyridine rings is 1. The van der Waals surface area contributed by atoms with Gasteiger partial charge in [-0.2, -0.15) is 0 Å². The molecule has 1 aliphatic rings. The van der Waals surface area contributed by atoms with E-state index >= 15 is 0 Å². The molecule has 4 nitrogen and oxygen atoms in total. The van der Waals surface area contributed by atoms with Crippen molar-refractivity contribution in [2.75, 3.05) is 26.2 Å². The third-order valence-corrected chi connectivity index (χ3v) is 6.23. The highest BCUT2D eigenvalue weighted by atomic mass is 19.1. The fraction of sp³-hybridized carbons (Fsp3) is 0.333. The monoisotopic (exact) mass is 449 g/mol. The molecule has 0 spiro atoms. The van der Waals surface area contributed by atoms with E-state index in [-0.39, 0.29) is 23.5 Å². The molecule has 0 saturated carbocycles. The van der Waals surface area contributed by atoms with E-state index in [9.17, 15) is 13.6 Å². The second-order valence-electron chi connectivity index (χ2n) is 8.54. The molecule has 33 heavy (non-hydrogen) atoms. The first kappa shape index (κ1) is 23.1. The van der Waals surface area contributed by atoms with Gasteiger partial charge in [-0.05, 0) is 79.9 Å². The predicted molar refractivity (Wildman–Crippen MR) is 125 cm³/mol. The van der Waals surface area contributed by atoms with Crippen LogP contribution < -0.4 is 5.32 Å². The SMILES string of the molecule is O=C(NCCC(c1ccc(F)cc1)c1ccc(F)cc1)c1ccc(CCN2CCCC2)nc1. The van der Waals surface area contributed by atoms with Crippen LogP contribution in [0.4, 0.5) is 8.78 Å². The number of nitrogens with one attached hydrogen (secondary N) is 1. The zero-order chi connectivity index (χ0) is 23.0. The number of carbonyl (C=O) groups is 1. The van der Waals surface area contributed by atoms with Crippen molar-refractivity contribution in [3.8, 4) is 0 Å². The molecule has 172 valence electrons. The predicted octanol–water partition coefficient (Wildman–Crippen LogP) is 4.95. The van der Waals surface area contributed by atoms with Gasteiger partial charge in [0, 0.05) is 37.3 Å². The first-order chi connectivity index (χ1) is 16.1. The number of carbonyl (C=O) groups excluding carboxylic acids is 1. The van der Waals surface area contributed by atoms with Crippen LogP contribution in [0.15, 0.2) is 66.9 Å². The van der Waals surface area contributed by atoms with Crippen LogP contribution in [0.2, 0.25) is 0 Å². The summed E-state index contributed by atoms with van der Waals surface area (Å²) in [6.45, 7) is 3.76. The number of halogens is 2. The summed E-state index contributed by atoms with van der Waals surface area (Å²) in [5, 5.41) is 2.95. The molecule has 1 aromatic heterocycles. The minimum absolute atomic E-state index is 0.0856. The van der Waals surface area contributed by atoms with Gasteiger partial charge in [0.15, 0.2) is 0 Å². The molecule has 0 bridgehead atoms. The van der Waals surface area contributed by atoms with Gasteiger partial charge in [-0.15, -0.1) is 0 Å². The van der Waals surface area contributed by atoms with E-state index in [0.717, 1.165) is 42.9 Å². The Morgan fingerprint density at radius 3 is 2.06 bits per heavy atom. The molecule has 1 aliphatic heterocycles. The lowest BCUT2D eigenvalue weighted by molar-refractivity contribution is 0.0952. The average molecular weight is 450 g/mol. The van der Waals surface area contributed by atoms with Crippen molar-refractivity contribution in [3.63, 3.8) is 0 Å². The number of likely N-dealkylation sites (tertiary alicyclic amines) is 1. The van der Waals surface area contributed by atoms with E-state index in [2.05, 4.69) is 15.2 Å². The number of hydrogen-bond acceptors (Lipinski definition) is 3. The molecule has 6 heteroatoms. The molecule has 0 atom stereocenters. The maximum atomic E-state index is 13.4. The highest BCUT2D eigenvalue weighted by molar-refractivity contribution is 5.93. The van der Waals surface area contributed by atoms with Crippen molar-refractivity contribution < 1.29 is 13.6 Å². The smallest absolute Gasteiger partial charge is 0.252 e. The topological polar surface area (TPSA) is 45.2 Å². The van der Waals surface area contributed by atoms with Crippen molar-refractivity contribution in [2.45, 2.75) is 31.6 Å². The Balaban J connectivity index is 1.33. The Kier molecular flexibility index (Phi) is 7.79. The third-order valence-electron chi connectivity index (χ3n) is 6.23. The van der Waals surface area contributed by atoms with Gasteiger partial charge < -0.3 is 10.2 Å². The molecule has 3 aromatic rings. The molecule has 2 heterocycles. The van der Waals surface area contributed by atoms with E-state index in [0.29, 0.717) is 18.5 Å². The van der Waals surface area contributed by atoms with Gasteiger partial charge in [-0.25, -0.2) is 8.78 Å². The summed E-state index contributed by atoms with van der Waals surface area (Å²) >= 11 is 0. The fourth-order valence-electron chi connectivity index (χ4n) is 4.33. The molecule has 2 aromatic carbocycles. The van der Waals surface area contributed by atoms with Gasteiger partial charge >= 0.3 is 0 Å². The van der Waals surface area contributed by atoms with Crippen LogP contribution in [-0.4, -0.2) is 42.0 Å². The van der Waals surface area contributed by atoms with E-state index in [1.807, 2.05) is 12.1 Å². The van der Waals surface area contributed by atoms with Crippen LogP contribution in [0.3, 0.4) is 0 Å². The van der Waals surface area contributed by atoms with Crippen LogP contribution >= 0.6 is 0 Å². The van der Waals surface area contributed by atoms with Gasteiger partial charge in [0.1, 0.15) is 11.6 Å². The summed E-state index contributed by atoms with van der Waals surface area (Å²) in [6.07, 6.45) is 5.67. The molecule has 1 N–H and O–H groups in total. The van der Waals surface area contributed by atoms with Crippen molar-refractivity contribution in [2.24, 2.45) is 0 Å². The normalized spacial score (nSPS) is 14.0. The first-order valence-corrected chi connectivity index (χ1v) is 11.5. The zero-order valence-electron chi connectivity index (χ0n) is 18.6. The number of hydrogen-bond donors (Lipinski definition) is 1. The summed E-state index contributed by atoms with van der Waals surface area (Å²) in [7, 11) is 0. The Morgan fingerprint density at radius 1 is 0.909 bits per heavy atom. The Labute approximate surface area is 193 Å². The third kappa shape index (κ3) is 6.45. The van der Waals surface area contributed by atoms with Gasteiger partial charge in [0.25, 0.3) is 5.91 Å². The zero-order valence-corrected chi connectivity index (χ0v) is 18.6. The van der Waals surface area contributed by atoms with E-state index in [1.54, 1.807) is 30.5 Å². The molecule has 1 fully saturated rings. The number of amides is 1. The van der Waals surface area contributed by atoms with Crippen molar-refractivity contribution in [3.05, 3.63) is 101 Å². The van der Waals surface area contributed by atoms with Crippen LogP contribution in [0.25, 0.3) is 0 Å². The standard InChI is InChI=1S/C27H29F2N3O/c28-23-8-3-20(4-9-23)26(21-5-10-24(29)11-6-21)13-15-30-27(33)22-7-12-25(31-19-22)14-18-32-16-1-2-17-32/h3-12,19,26H,1-2,13-18H2,(H,30,33). The van der Waals surface area contributed by atoms with Crippen LogP contribution in [0, 0.1) is 11.6 Å². The van der Waals surface area contributed by atoms with Gasteiger partial charge in [-0.1, -0.05) is 24.3 Å². The second-order valence-corrected chi connectivity index (χ2v) is 8.54. The molecule has 1 saturated heterocycles. The maximum Gasteiger partial charge on any atom is 0.252 e. The molecule has 4 rings (SSSR count). The molecular formula is C27H29F2N3O. The quantitative estimate of drug-likeness (QED) is 0.503. The Morgan fingerprint density at radius 2 is 1.52 bits per heavy atom. The Hall–Kier alpha value is -3.12. The highest BCUT2D eigenvalue weighted by Crippen LogP contribution is 2.28.